The van der Waals surface area contributed by atoms with Gasteiger partial charge in [0.05, 0.1) is 0 Å². The first-order valence-corrected chi connectivity index (χ1v) is 7.65. The zero-order valence-corrected chi connectivity index (χ0v) is 13.1. The summed E-state index contributed by atoms with van der Waals surface area (Å²) in [5.74, 6) is 0.0306. The number of nitrogens with zero attached hydrogens (tertiary/aromatic N) is 3. The van der Waals surface area contributed by atoms with Crippen molar-refractivity contribution in [2.45, 2.75) is 38.2 Å². The highest BCUT2D eigenvalue weighted by Gasteiger charge is 2.24. The van der Waals surface area contributed by atoms with Gasteiger partial charge in [-0.15, -0.1) is 0 Å². The van der Waals surface area contributed by atoms with Crippen molar-refractivity contribution in [3.8, 4) is 0 Å². The van der Waals surface area contributed by atoms with E-state index in [4.69, 9.17) is 0 Å². The maximum atomic E-state index is 12.9. The number of hydrogen-bond acceptors (Lipinski definition) is 3. The van der Waals surface area contributed by atoms with E-state index in [9.17, 15) is 13.6 Å². The van der Waals surface area contributed by atoms with Gasteiger partial charge in [-0.2, -0.15) is 0 Å². The molecule has 0 radical (unpaired) electrons. The van der Waals surface area contributed by atoms with Gasteiger partial charge in [-0.05, 0) is 45.5 Å². The number of alkyl halides is 2. The summed E-state index contributed by atoms with van der Waals surface area (Å²) in [5, 5.41) is 0. The minimum Gasteiger partial charge on any atom is -0.343 e. The summed E-state index contributed by atoms with van der Waals surface area (Å²) in [6, 6.07) is 3.39. The van der Waals surface area contributed by atoms with E-state index >= 15 is 0 Å². The van der Waals surface area contributed by atoms with Crippen LogP contribution in [0.1, 0.15) is 36.9 Å². The van der Waals surface area contributed by atoms with Gasteiger partial charge in [0.1, 0.15) is 0 Å². The average Bonchev–Trinajstić information content (AvgIpc) is 2.52. The molecule has 1 aromatic heterocycles. The van der Waals surface area contributed by atoms with E-state index in [-0.39, 0.29) is 24.3 Å². The van der Waals surface area contributed by atoms with Crippen LogP contribution in [0.2, 0.25) is 0 Å². The Morgan fingerprint density at radius 3 is 2.68 bits per heavy atom. The molecule has 1 aromatic rings. The van der Waals surface area contributed by atoms with Gasteiger partial charge in [0, 0.05) is 43.0 Å². The second-order valence-electron chi connectivity index (χ2n) is 5.92. The second kappa shape index (κ2) is 7.63. The van der Waals surface area contributed by atoms with E-state index in [1.807, 2.05) is 4.90 Å². The Balaban J connectivity index is 1.86. The van der Waals surface area contributed by atoms with Crippen molar-refractivity contribution in [2.24, 2.45) is 0 Å². The van der Waals surface area contributed by atoms with Gasteiger partial charge in [-0.25, -0.2) is 8.78 Å². The van der Waals surface area contributed by atoms with E-state index in [2.05, 4.69) is 24.0 Å². The van der Waals surface area contributed by atoms with Crippen LogP contribution >= 0.6 is 0 Å². The Morgan fingerprint density at radius 2 is 2.09 bits per heavy atom. The lowest BCUT2D eigenvalue weighted by molar-refractivity contribution is -0.132. The van der Waals surface area contributed by atoms with Crippen molar-refractivity contribution in [2.75, 3.05) is 27.2 Å². The third-order valence-electron chi connectivity index (χ3n) is 4.28. The molecule has 0 bridgehead atoms. The molecule has 1 amide bonds. The lowest BCUT2D eigenvalue weighted by atomic mass is 10.0. The number of halogens is 2. The van der Waals surface area contributed by atoms with Crippen molar-refractivity contribution in [1.29, 1.82) is 0 Å². The van der Waals surface area contributed by atoms with Gasteiger partial charge < -0.3 is 9.80 Å². The molecular weight excluding hydrogens is 288 g/mol. The normalized spacial score (nSPS) is 16.5. The van der Waals surface area contributed by atoms with Gasteiger partial charge in [-0.3, -0.25) is 9.78 Å². The highest BCUT2D eigenvalue weighted by molar-refractivity contribution is 5.76. The zero-order valence-electron chi connectivity index (χ0n) is 13.1. The number of amides is 1. The Labute approximate surface area is 130 Å². The molecule has 0 aromatic carbocycles. The fraction of sp³-hybridized carbons (Fsp3) is 0.625. The number of piperidine rings is 1. The van der Waals surface area contributed by atoms with Crippen LogP contribution in [-0.2, 0) is 11.2 Å². The Kier molecular flexibility index (Phi) is 5.83. The maximum absolute atomic E-state index is 12.9. The zero-order chi connectivity index (χ0) is 16.1. The quantitative estimate of drug-likeness (QED) is 0.838. The number of carbonyl (C=O) groups excluding carboxylic acids is 1. The third kappa shape index (κ3) is 4.22. The largest absolute Gasteiger partial charge is 0.343 e. The fourth-order valence-electron chi connectivity index (χ4n) is 2.87. The number of hydrogen-bond donors (Lipinski definition) is 0. The summed E-state index contributed by atoms with van der Waals surface area (Å²) in [7, 11) is 4.10. The molecule has 0 atom stereocenters. The first-order chi connectivity index (χ1) is 10.5. The van der Waals surface area contributed by atoms with Crippen molar-refractivity contribution < 1.29 is 13.6 Å². The minimum absolute atomic E-state index is 0.0306. The molecule has 2 heterocycles. The molecule has 122 valence electrons. The number of pyridine rings is 1. The van der Waals surface area contributed by atoms with E-state index in [1.165, 1.54) is 18.3 Å². The molecule has 0 unspecified atom stereocenters. The highest BCUT2D eigenvalue weighted by Crippen LogP contribution is 2.22. The monoisotopic (exact) mass is 311 g/mol. The first kappa shape index (κ1) is 16.8. The van der Waals surface area contributed by atoms with E-state index < -0.39 is 6.43 Å². The van der Waals surface area contributed by atoms with Crippen molar-refractivity contribution >= 4 is 5.91 Å². The van der Waals surface area contributed by atoms with Crippen molar-refractivity contribution in [3.63, 3.8) is 0 Å². The predicted octanol–water partition coefficient (Wildman–Crippen LogP) is 2.50. The molecule has 0 saturated carbocycles. The summed E-state index contributed by atoms with van der Waals surface area (Å²) in [5.41, 5.74) is 0.260. The Bertz CT molecular complexity index is 500. The summed E-state index contributed by atoms with van der Waals surface area (Å²) < 4.78 is 25.8. The summed E-state index contributed by atoms with van der Waals surface area (Å²) in [4.78, 5) is 20.2. The molecule has 0 aliphatic carbocycles. The summed E-state index contributed by atoms with van der Waals surface area (Å²) in [6.45, 7) is 1.48. The van der Waals surface area contributed by atoms with Crippen molar-refractivity contribution in [1.82, 2.24) is 14.8 Å². The Hall–Kier alpha value is -1.56. The van der Waals surface area contributed by atoms with E-state index in [1.54, 1.807) is 0 Å². The van der Waals surface area contributed by atoms with Crippen LogP contribution in [-0.4, -0.2) is 53.9 Å². The smallest absolute Gasteiger partial charge is 0.265 e. The molecule has 4 nitrogen and oxygen atoms in total. The summed E-state index contributed by atoms with van der Waals surface area (Å²) in [6.07, 6.45) is 1.38. The van der Waals surface area contributed by atoms with E-state index in [0.29, 0.717) is 11.7 Å². The SMILES string of the molecule is CN(C)C1CCN(C(=O)CCc2ncccc2C(F)F)CC1. The van der Waals surface area contributed by atoms with Gasteiger partial charge in [-0.1, -0.05) is 0 Å². The second-order valence-corrected chi connectivity index (χ2v) is 5.92. The molecule has 1 fully saturated rings. The summed E-state index contributed by atoms with van der Waals surface area (Å²) >= 11 is 0. The van der Waals surface area contributed by atoms with Crippen LogP contribution in [0.3, 0.4) is 0 Å². The molecule has 1 aliphatic rings. The molecule has 0 spiro atoms. The number of aromatic nitrogens is 1. The molecular formula is C16H23F2N3O. The van der Waals surface area contributed by atoms with Gasteiger partial charge in [0.15, 0.2) is 0 Å². The van der Waals surface area contributed by atoms with Crippen LogP contribution in [0.4, 0.5) is 8.78 Å². The average molecular weight is 311 g/mol. The number of rotatable bonds is 5. The van der Waals surface area contributed by atoms with E-state index in [0.717, 1.165) is 25.9 Å². The van der Waals surface area contributed by atoms with Crippen molar-refractivity contribution in [3.05, 3.63) is 29.6 Å². The third-order valence-corrected chi connectivity index (χ3v) is 4.28. The Morgan fingerprint density at radius 1 is 1.41 bits per heavy atom. The van der Waals surface area contributed by atoms with Gasteiger partial charge >= 0.3 is 0 Å². The highest BCUT2D eigenvalue weighted by atomic mass is 19.3. The van der Waals surface area contributed by atoms with Gasteiger partial charge in [0.2, 0.25) is 5.91 Å². The van der Waals surface area contributed by atoms with Crippen LogP contribution in [0.15, 0.2) is 18.3 Å². The minimum atomic E-state index is -2.55. The van der Waals surface area contributed by atoms with Crippen LogP contribution in [0, 0.1) is 0 Å². The molecule has 1 saturated heterocycles. The molecule has 2 rings (SSSR count). The predicted molar refractivity (Wildman–Crippen MR) is 80.8 cm³/mol. The van der Waals surface area contributed by atoms with Crippen LogP contribution in [0.25, 0.3) is 0 Å². The van der Waals surface area contributed by atoms with Gasteiger partial charge in [0.25, 0.3) is 6.43 Å². The maximum Gasteiger partial charge on any atom is 0.265 e. The molecule has 22 heavy (non-hydrogen) atoms. The number of carbonyl (C=O) groups is 1. The topological polar surface area (TPSA) is 36.4 Å². The fourth-order valence-corrected chi connectivity index (χ4v) is 2.87. The standard InChI is InChI=1S/C16H23F2N3O/c1-20(2)12-7-10-21(11-8-12)15(22)6-5-14-13(16(17)18)4-3-9-19-14/h3-4,9,12,16H,5-8,10-11H2,1-2H3. The molecule has 0 N–H and O–H groups in total. The lowest BCUT2D eigenvalue weighted by Gasteiger charge is -2.35. The first-order valence-electron chi connectivity index (χ1n) is 7.65. The van der Waals surface area contributed by atoms with Crippen LogP contribution < -0.4 is 0 Å². The number of aryl methyl sites for hydroxylation is 1. The molecule has 1 aliphatic heterocycles. The molecule has 6 heteroatoms. The number of likely N-dealkylation sites (tertiary alicyclic amines) is 1. The lowest BCUT2D eigenvalue weighted by Crippen LogP contribution is -2.44. The van der Waals surface area contributed by atoms with Crippen LogP contribution in [0.5, 0.6) is 0 Å².